The highest BCUT2D eigenvalue weighted by Gasteiger charge is 2.30. The number of carbonyl (C=O) groups is 2. The lowest BCUT2D eigenvalue weighted by molar-refractivity contribution is -0.141. The van der Waals surface area contributed by atoms with Crippen LogP contribution in [0.3, 0.4) is 0 Å². The summed E-state index contributed by atoms with van der Waals surface area (Å²) in [7, 11) is 0. The smallest absolute Gasteiger partial charge is 0.243 e. The molecule has 2 amide bonds. The van der Waals surface area contributed by atoms with Gasteiger partial charge < -0.3 is 10.2 Å². The summed E-state index contributed by atoms with van der Waals surface area (Å²) in [5.74, 6) is 1.71. The van der Waals surface area contributed by atoms with Crippen molar-refractivity contribution in [2.45, 2.75) is 83.2 Å². The molecule has 0 aromatic heterocycles. The van der Waals surface area contributed by atoms with Gasteiger partial charge in [-0.25, -0.2) is 0 Å². The lowest BCUT2D eigenvalue weighted by atomic mass is 9.95. The van der Waals surface area contributed by atoms with Crippen molar-refractivity contribution in [1.82, 2.24) is 10.2 Å². The zero-order valence-corrected chi connectivity index (χ0v) is 20.9. The largest absolute Gasteiger partial charge is 0.352 e. The molecular formula is C28H38N2O2S. The Morgan fingerprint density at radius 2 is 1.73 bits per heavy atom. The lowest BCUT2D eigenvalue weighted by Crippen LogP contribution is -2.51. The summed E-state index contributed by atoms with van der Waals surface area (Å²) >= 11 is 1.77. The second-order valence-corrected chi connectivity index (χ2v) is 10.1. The van der Waals surface area contributed by atoms with Gasteiger partial charge in [0.15, 0.2) is 0 Å². The molecule has 1 fully saturated rings. The molecule has 3 rings (SSSR count). The molecule has 0 aliphatic heterocycles. The number of carbonyl (C=O) groups excluding carboxylic acids is 2. The first kappa shape index (κ1) is 25.4. The van der Waals surface area contributed by atoms with Crippen molar-refractivity contribution in [3.8, 4) is 0 Å². The third kappa shape index (κ3) is 7.92. The van der Waals surface area contributed by atoms with Gasteiger partial charge in [-0.05, 0) is 42.9 Å². The predicted octanol–water partition coefficient (Wildman–Crippen LogP) is 5.87. The molecule has 4 nitrogen and oxygen atoms in total. The summed E-state index contributed by atoms with van der Waals surface area (Å²) < 4.78 is 0. The quantitative estimate of drug-likeness (QED) is 0.421. The number of aryl methyl sites for hydroxylation is 1. The molecule has 0 saturated heterocycles. The van der Waals surface area contributed by atoms with Crippen LogP contribution in [0.2, 0.25) is 0 Å². The number of amides is 2. The Bertz CT molecular complexity index is 880. The maximum atomic E-state index is 13.4. The molecule has 1 aliphatic rings. The van der Waals surface area contributed by atoms with Crippen molar-refractivity contribution in [3.63, 3.8) is 0 Å². The number of hydrogen-bond donors (Lipinski definition) is 1. The number of nitrogens with zero attached hydrogens (tertiary/aromatic N) is 1. The van der Waals surface area contributed by atoms with E-state index in [0.717, 1.165) is 35.5 Å². The number of thioether (sulfide) groups is 1. The highest BCUT2D eigenvalue weighted by molar-refractivity contribution is 7.98. The topological polar surface area (TPSA) is 49.4 Å². The average molecular weight is 467 g/mol. The van der Waals surface area contributed by atoms with Crippen molar-refractivity contribution in [3.05, 3.63) is 71.3 Å². The minimum Gasteiger partial charge on any atom is -0.352 e. The van der Waals surface area contributed by atoms with Crippen LogP contribution in [0, 0.1) is 6.92 Å². The van der Waals surface area contributed by atoms with Crippen molar-refractivity contribution >= 4 is 23.6 Å². The molecule has 178 valence electrons. The molecule has 5 heteroatoms. The van der Waals surface area contributed by atoms with Crippen LogP contribution < -0.4 is 5.32 Å². The molecule has 1 saturated carbocycles. The van der Waals surface area contributed by atoms with Crippen LogP contribution in [0.5, 0.6) is 0 Å². The van der Waals surface area contributed by atoms with Crippen LogP contribution in [0.1, 0.15) is 68.6 Å². The SMILES string of the molecule is CCC(C(=O)NC1CCCCC1)N(Cc1ccccc1C)C(=O)CCSCc1ccccc1. The monoisotopic (exact) mass is 466 g/mol. The first-order chi connectivity index (χ1) is 16.1. The Morgan fingerprint density at radius 3 is 2.42 bits per heavy atom. The van der Waals surface area contributed by atoms with Crippen LogP contribution in [0.4, 0.5) is 0 Å². The number of nitrogens with one attached hydrogen (secondary N) is 1. The summed E-state index contributed by atoms with van der Waals surface area (Å²) in [5, 5.41) is 3.26. The Balaban J connectivity index is 1.66. The fourth-order valence-corrected chi connectivity index (χ4v) is 5.39. The Labute approximate surface area is 203 Å². The zero-order chi connectivity index (χ0) is 23.5. The van der Waals surface area contributed by atoms with E-state index in [4.69, 9.17) is 0 Å². The van der Waals surface area contributed by atoms with Crippen LogP contribution >= 0.6 is 11.8 Å². The molecule has 0 bridgehead atoms. The maximum Gasteiger partial charge on any atom is 0.243 e. The van der Waals surface area contributed by atoms with Gasteiger partial charge in [-0.15, -0.1) is 0 Å². The van der Waals surface area contributed by atoms with E-state index in [0.29, 0.717) is 19.4 Å². The minimum atomic E-state index is -0.432. The molecule has 1 aliphatic carbocycles. The molecule has 1 atom stereocenters. The second kappa shape index (κ2) is 13.4. The van der Waals surface area contributed by atoms with Gasteiger partial charge in [-0.2, -0.15) is 11.8 Å². The third-order valence-corrected chi connectivity index (χ3v) is 7.54. The van der Waals surface area contributed by atoms with E-state index in [1.54, 1.807) is 11.8 Å². The van der Waals surface area contributed by atoms with Crippen LogP contribution in [-0.4, -0.2) is 34.6 Å². The minimum absolute atomic E-state index is 0.00303. The molecule has 0 radical (unpaired) electrons. The van der Waals surface area contributed by atoms with Gasteiger partial charge in [0, 0.05) is 30.5 Å². The molecule has 0 heterocycles. The van der Waals surface area contributed by atoms with Crippen LogP contribution in [0.15, 0.2) is 54.6 Å². The van der Waals surface area contributed by atoms with Gasteiger partial charge in [0.05, 0.1) is 0 Å². The maximum absolute atomic E-state index is 13.4. The first-order valence-electron chi connectivity index (χ1n) is 12.3. The van der Waals surface area contributed by atoms with E-state index in [9.17, 15) is 9.59 Å². The van der Waals surface area contributed by atoms with E-state index in [1.165, 1.54) is 24.8 Å². The van der Waals surface area contributed by atoms with Crippen LogP contribution in [0.25, 0.3) is 0 Å². The highest BCUT2D eigenvalue weighted by Crippen LogP contribution is 2.21. The summed E-state index contributed by atoms with van der Waals surface area (Å²) in [6.07, 6.45) is 6.75. The zero-order valence-electron chi connectivity index (χ0n) is 20.1. The van der Waals surface area contributed by atoms with E-state index in [2.05, 4.69) is 36.5 Å². The Kier molecular flexibility index (Phi) is 10.3. The van der Waals surface area contributed by atoms with Crippen LogP contribution in [-0.2, 0) is 21.9 Å². The predicted molar refractivity (Wildman–Crippen MR) is 138 cm³/mol. The average Bonchev–Trinajstić information content (AvgIpc) is 2.84. The third-order valence-electron chi connectivity index (χ3n) is 6.51. The molecule has 0 spiro atoms. The molecular weight excluding hydrogens is 428 g/mol. The van der Waals surface area contributed by atoms with Crippen molar-refractivity contribution in [2.75, 3.05) is 5.75 Å². The van der Waals surface area contributed by atoms with Gasteiger partial charge in [-0.1, -0.05) is 80.8 Å². The van der Waals surface area contributed by atoms with Crippen molar-refractivity contribution in [1.29, 1.82) is 0 Å². The summed E-state index contributed by atoms with van der Waals surface area (Å²) in [6, 6.07) is 18.3. The Hall–Kier alpha value is -2.27. The van der Waals surface area contributed by atoms with Gasteiger partial charge in [-0.3, -0.25) is 9.59 Å². The van der Waals surface area contributed by atoms with Gasteiger partial charge >= 0.3 is 0 Å². The van der Waals surface area contributed by atoms with Gasteiger partial charge in [0.25, 0.3) is 0 Å². The van der Waals surface area contributed by atoms with E-state index in [-0.39, 0.29) is 17.9 Å². The first-order valence-corrected chi connectivity index (χ1v) is 13.5. The van der Waals surface area contributed by atoms with Crippen molar-refractivity contribution < 1.29 is 9.59 Å². The summed E-state index contributed by atoms with van der Waals surface area (Å²) in [6.45, 7) is 4.55. The molecule has 2 aromatic rings. The normalized spacial score (nSPS) is 15.1. The number of rotatable bonds is 11. The molecule has 1 N–H and O–H groups in total. The molecule has 1 unspecified atom stereocenters. The fraction of sp³-hybridized carbons (Fsp3) is 0.500. The highest BCUT2D eigenvalue weighted by atomic mass is 32.2. The number of hydrogen-bond acceptors (Lipinski definition) is 3. The summed E-state index contributed by atoms with van der Waals surface area (Å²) in [4.78, 5) is 28.5. The molecule has 33 heavy (non-hydrogen) atoms. The Morgan fingerprint density at radius 1 is 1.03 bits per heavy atom. The second-order valence-electron chi connectivity index (χ2n) is 9.00. The standard InChI is InChI=1S/C28H38N2O2S/c1-3-26(28(32)29-25-16-8-5-9-17-25)30(20-24-15-11-10-12-22(24)2)27(31)18-19-33-21-23-13-6-4-7-14-23/h4,6-7,10-15,25-26H,3,5,8-9,16-21H2,1-2H3,(H,29,32). The van der Waals surface area contributed by atoms with Gasteiger partial charge in [0.2, 0.25) is 11.8 Å². The van der Waals surface area contributed by atoms with Crippen molar-refractivity contribution in [2.24, 2.45) is 0 Å². The lowest BCUT2D eigenvalue weighted by Gasteiger charge is -2.33. The molecule has 2 aromatic carbocycles. The summed E-state index contributed by atoms with van der Waals surface area (Å²) in [5.41, 5.74) is 3.52. The van der Waals surface area contributed by atoms with E-state index in [1.807, 2.05) is 42.2 Å². The van der Waals surface area contributed by atoms with E-state index < -0.39 is 6.04 Å². The van der Waals surface area contributed by atoms with E-state index >= 15 is 0 Å². The fourth-order valence-electron chi connectivity index (χ4n) is 4.50. The van der Waals surface area contributed by atoms with Gasteiger partial charge in [0.1, 0.15) is 6.04 Å². The number of benzene rings is 2.